The molecule has 8 nitrogen and oxygen atoms in total. The zero-order chi connectivity index (χ0) is 21.5. The maximum Gasteiger partial charge on any atom is 0.339 e. The van der Waals surface area contributed by atoms with Crippen LogP contribution in [0.4, 0.5) is 5.69 Å². The van der Waals surface area contributed by atoms with Crippen LogP contribution < -0.4 is 10.5 Å². The van der Waals surface area contributed by atoms with Gasteiger partial charge in [-0.1, -0.05) is 36.4 Å². The van der Waals surface area contributed by atoms with Gasteiger partial charge in [-0.15, -0.1) is 0 Å². The van der Waals surface area contributed by atoms with E-state index < -0.39 is 30.0 Å². The van der Waals surface area contributed by atoms with E-state index in [0.717, 1.165) is 6.07 Å². The van der Waals surface area contributed by atoms with Crippen LogP contribution in [0.25, 0.3) is 10.9 Å². The zero-order valence-electron chi connectivity index (χ0n) is 16.3. The number of anilines is 1. The number of rotatable bonds is 7. The van der Waals surface area contributed by atoms with Gasteiger partial charge in [0.1, 0.15) is 6.54 Å². The molecular formula is C22H20N2O6. The van der Waals surface area contributed by atoms with E-state index in [4.69, 9.17) is 9.47 Å². The van der Waals surface area contributed by atoms with Crippen LogP contribution in [0.2, 0.25) is 0 Å². The van der Waals surface area contributed by atoms with Crippen LogP contribution in [-0.2, 0) is 19.1 Å². The highest BCUT2D eigenvalue weighted by atomic mass is 16.5. The normalized spacial score (nSPS) is 10.4. The van der Waals surface area contributed by atoms with Crippen molar-refractivity contribution in [3.8, 4) is 0 Å². The first-order valence-corrected chi connectivity index (χ1v) is 9.30. The minimum atomic E-state index is -0.810. The molecule has 0 aliphatic rings. The van der Waals surface area contributed by atoms with Gasteiger partial charge in [-0.25, -0.2) is 4.79 Å². The van der Waals surface area contributed by atoms with E-state index in [9.17, 15) is 19.2 Å². The molecule has 0 radical (unpaired) electrons. The molecule has 3 aromatic rings. The molecule has 1 heterocycles. The molecule has 2 aromatic carbocycles. The Morgan fingerprint density at radius 1 is 0.967 bits per heavy atom. The second kappa shape index (κ2) is 9.51. The Morgan fingerprint density at radius 2 is 1.67 bits per heavy atom. The number of para-hydroxylation sites is 2. The lowest BCUT2D eigenvalue weighted by Gasteiger charge is -2.21. The fourth-order valence-corrected chi connectivity index (χ4v) is 2.92. The average molecular weight is 408 g/mol. The van der Waals surface area contributed by atoms with Crippen LogP contribution in [-0.4, -0.2) is 42.6 Å². The first kappa shape index (κ1) is 20.8. The van der Waals surface area contributed by atoms with E-state index in [1.807, 2.05) is 0 Å². The van der Waals surface area contributed by atoms with Crippen molar-refractivity contribution in [2.75, 3.05) is 24.7 Å². The molecule has 1 N–H and O–H groups in total. The number of ether oxygens (including phenoxy) is 2. The quantitative estimate of drug-likeness (QED) is 0.601. The molecule has 0 saturated carbocycles. The summed E-state index contributed by atoms with van der Waals surface area (Å²) in [6, 6.07) is 16.4. The maximum absolute atomic E-state index is 12.7. The molecule has 1 aromatic heterocycles. The molecule has 0 atom stereocenters. The Hall–Kier alpha value is -3.94. The minimum Gasteiger partial charge on any atom is -0.465 e. The van der Waals surface area contributed by atoms with Crippen LogP contribution in [0.1, 0.15) is 17.3 Å². The van der Waals surface area contributed by atoms with Gasteiger partial charge in [-0.3, -0.25) is 19.3 Å². The first-order chi connectivity index (χ1) is 14.5. The predicted octanol–water partition coefficient (Wildman–Crippen LogP) is 2.28. The van der Waals surface area contributed by atoms with Gasteiger partial charge in [0.05, 0.1) is 12.2 Å². The Kier molecular flexibility index (Phi) is 6.59. The van der Waals surface area contributed by atoms with Crippen LogP contribution in [0, 0.1) is 0 Å². The molecule has 0 fully saturated rings. The fraction of sp³-hybridized carbons (Fsp3) is 0.182. The van der Waals surface area contributed by atoms with Gasteiger partial charge in [-0.05, 0) is 25.1 Å². The average Bonchev–Trinajstić information content (AvgIpc) is 2.75. The number of fused-ring (bicyclic) bond motifs is 1. The smallest absolute Gasteiger partial charge is 0.339 e. The maximum atomic E-state index is 12.7. The van der Waals surface area contributed by atoms with E-state index >= 15 is 0 Å². The third kappa shape index (κ3) is 4.91. The van der Waals surface area contributed by atoms with Crippen LogP contribution in [0.5, 0.6) is 0 Å². The summed E-state index contributed by atoms with van der Waals surface area (Å²) in [4.78, 5) is 52.8. The molecule has 1 amide bonds. The molecule has 0 bridgehead atoms. The third-order valence-electron chi connectivity index (χ3n) is 4.26. The van der Waals surface area contributed by atoms with Crippen molar-refractivity contribution in [3.63, 3.8) is 0 Å². The molecule has 0 saturated heterocycles. The lowest BCUT2D eigenvalue weighted by molar-refractivity contribution is -0.142. The predicted molar refractivity (Wildman–Crippen MR) is 110 cm³/mol. The SMILES string of the molecule is CCOC(=O)CN(C(=O)COC(=O)c1cc(=O)[nH]c2ccccc12)c1ccccc1. The number of hydrogen-bond donors (Lipinski definition) is 1. The van der Waals surface area contributed by atoms with Gasteiger partial charge >= 0.3 is 11.9 Å². The van der Waals surface area contributed by atoms with E-state index in [1.165, 1.54) is 4.90 Å². The van der Waals surface area contributed by atoms with Gasteiger partial charge in [0.2, 0.25) is 5.56 Å². The van der Waals surface area contributed by atoms with Gasteiger partial charge in [0.25, 0.3) is 5.91 Å². The number of amides is 1. The molecule has 3 rings (SSSR count). The number of H-pyrrole nitrogens is 1. The second-order valence-corrected chi connectivity index (χ2v) is 6.29. The number of nitrogens with zero attached hydrogens (tertiary/aromatic N) is 1. The molecule has 30 heavy (non-hydrogen) atoms. The van der Waals surface area contributed by atoms with Gasteiger partial charge in [-0.2, -0.15) is 0 Å². The van der Waals surface area contributed by atoms with Crippen LogP contribution in [0.3, 0.4) is 0 Å². The standard InChI is InChI=1S/C22H20N2O6/c1-2-29-21(27)13-24(15-8-4-3-5-9-15)20(26)14-30-22(28)17-12-19(25)23-18-11-7-6-10-16(17)18/h3-12H,2,13-14H2,1H3,(H,23,25). The number of hydrogen-bond acceptors (Lipinski definition) is 6. The summed E-state index contributed by atoms with van der Waals surface area (Å²) in [5.74, 6) is -1.99. The van der Waals surface area contributed by atoms with E-state index in [2.05, 4.69) is 4.98 Å². The number of aromatic nitrogens is 1. The van der Waals surface area contributed by atoms with Gasteiger partial charge in [0, 0.05) is 22.7 Å². The summed E-state index contributed by atoms with van der Waals surface area (Å²) in [6.07, 6.45) is 0. The van der Waals surface area contributed by atoms with E-state index in [0.29, 0.717) is 16.6 Å². The highest BCUT2D eigenvalue weighted by Gasteiger charge is 2.22. The summed E-state index contributed by atoms with van der Waals surface area (Å²) >= 11 is 0. The summed E-state index contributed by atoms with van der Waals surface area (Å²) < 4.78 is 10.1. The number of carbonyl (C=O) groups excluding carboxylic acids is 3. The number of esters is 2. The van der Waals surface area contributed by atoms with Crippen LogP contribution >= 0.6 is 0 Å². The molecular weight excluding hydrogens is 388 g/mol. The van der Waals surface area contributed by atoms with Gasteiger partial charge < -0.3 is 14.5 Å². The van der Waals surface area contributed by atoms with Crippen molar-refractivity contribution in [2.45, 2.75) is 6.92 Å². The number of benzene rings is 2. The van der Waals surface area contributed by atoms with Crippen molar-refractivity contribution in [1.82, 2.24) is 4.98 Å². The highest BCUT2D eigenvalue weighted by Crippen LogP contribution is 2.17. The third-order valence-corrected chi connectivity index (χ3v) is 4.26. The highest BCUT2D eigenvalue weighted by molar-refractivity contribution is 6.05. The summed E-state index contributed by atoms with van der Waals surface area (Å²) in [7, 11) is 0. The molecule has 8 heteroatoms. The number of nitrogens with one attached hydrogen (secondary N) is 1. The Bertz CT molecular complexity index is 1120. The topological polar surface area (TPSA) is 106 Å². The lowest BCUT2D eigenvalue weighted by atomic mass is 10.1. The zero-order valence-corrected chi connectivity index (χ0v) is 16.3. The lowest BCUT2D eigenvalue weighted by Crippen LogP contribution is -2.39. The molecule has 154 valence electrons. The molecule has 0 aliphatic carbocycles. The Morgan fingerprint density at radius 3 is 2.40 bits per heavy atom. The summed E-state index contributed by atoms with van der Waals surface area (Å²) in [5.41, 5.74) is 0.545. The van der Waals surface area contributed by atoms with Crippen molar-refractivity contribution in [3.05, 3.63) is 76.6 Å². The summed E-state index contributed by atoms with van der Waals surface area (Å²) in [5, 5.41) is 0.501. The van der Waals surface area contributed by atoms with Crippen molar-refractivity contribution < 1.29 is 23.9 Å². The number of aromatic amines is 1. The van der Waals surface area contributed by atoms with E-state index in [-0.39, 0.29) is 18.7 Å². The number of pyridine rings is 1. The molecule has 0 unspecified atom stereocenters. The van der Waals surface area contributed by atoms with Crippen molar-refractivity contribution in [1.29, 1.82) is 0 Å². The first-order valence-electron chi connectivity index (χ1n) is 9.30. The minimum absolute atomic E-state index is 0.0544. The van der Waals surface area contributed by atoms with Crippen LogP contribution in [0.15, 0.2) is 65.5 Å². The largest absolute Gasteiger partial charge is 0.465 e. The molecule has 0 spiro atoms. The Balaban J connectivity index is 1.77. The van der Waals surface area contributed by atoms with Gasteiger partial charge in [0.15, 0.2) is 6.61 Å². The summed E-state index contributed by atoms with van der Waals surface area (Å²) in [6.45, 7) is 0.928. The van der Waals surface area contributed by atoms with Crippen molar-refractivity contribution >= 4 is 34.4 Å². The van der Waals surface area contributed by atoms with E-state index in [1.54, 1.807) is 61.5 Å². The second-order valence-electron chi connectivity index (χ2n) is 6.29. The number of carbonyl (C=O) groups is 3. The monoisotopic (exact) mass is 408 g/mol. The fourth-order valence-electron chi connectivity index (χ4n) is 2.92. The molecule has 0 aliphatic heterocycles. The van der Waals surface area contributed by atoms with Crippen molar-refractivity contribution in [2.24, 2.45) is 0 Å². The Labute approximate surface area is 172 Å².